The van der Waals surface area contributed by atoms with Gasteiger partial charge in [-0.2, -0.15) is 4.31 Å². The average molecular weight is 476 g/mol. The maximum atomic E-state index is 14.0. The second-order valence-electron chi connectivity index (χ2n) is 8.04. The molecule has 3 aromatic rings. The summed E-state index contributed by atoms with van der Waals surface area (Å²) in [6.07, 6.45) is 1.14. The second kappa shape index (κ2) is 9.48. The fraction of sp³-hybridized carbons (Fsp3) is 0.391. The molecule has 3 heterocycles. The maximum Gasteiger partial charge on any atom is 0.248 e. The molecule has 176 valence electrons. The van der Waals surface area contributed by atoms with Crippen molar-refractivity contribution in [2.45, 2.75) is 38.0 Å². The highest BCUT2D eigenvalue weighted by molar-refractivity contribution is 7.89. The number of halogens is 1. The molecule has 0 bridgehead atoms. The highest BCUT2D eigenvalue weighted by atomic mass is 32.2. The van der Waals surface area contributed by atoms with Crippen molar-refractivity contribution in [2.24, 2.45) is 0 Å². The largest absolute Gasteiger partial charge is 0.461 e. The zero-order valence-electron chi connectivity index (χ0n) is 18.6. The number of hydrogen-bond donors (Lipinski definition) is 0. The fourth-order valence-corrected chi connectivity index (χ4v) is 5.82. The van der Waals surface area contributed by atoms with Crippen LogP contribution in [-0.4, -0.2) is 54.9 Å². The number of amides is 1. The van der Waals surface area contributed by atoms with E-state index in [9.17, 15) is 17.6 Å². The lowest BCUT2D eigenvalue weighted by Crippen LogP contribution is -2.37. The van der Waals surface area contributed by atoms with Crippen molar-refractivity contribution in [3.63, 3.8) is 0 Å². The van der Waals surface area contributed by atoms with Crippen LogP contribution in [0.15, 0.2) is 50.2 Å². The lowest BCUT2D eigenvalue weighted by atomic mass is 10.1. The molecule has 1 aliphatic rings. The van der Waals surface area contributed by atoms with Gasteiger partial charge in [0, 0.05) is 39.0 Å². The molecule has 33 heavy (non-hydrogen) atoms. The first-order chi connectivity index (χ1) is 15.8. The predicted octanol–water partition coefficient (Wildman–Crippen LogP) is 3.55. The summed E-state index contributed by atoms with van der Waals surface area (Å²) in [6, 6.07) is 9.80. The van der Waals surface area contributed by atoms with E-state index >= 15 is 0 Å². The Bertz CT molecular complexity index is 1230. The molecule has 0 unspecified atom stereocenters. The molecule has 0 N–H and O–H groups in total. The molecule has 1 amide bonds. The van der Waals surface area contributed by atoms with Crippen LogP contribution in [0.3, 0.4) is 0 Å². The van der Waals surface area contributed by atoms with Gasteiger partial charge >= 0.3 is 0 Å². The van der Waals surface area contributed by atoms with Crippen LogP contribution in [0.1, 0.15) is 30.1 Å². The SMILES string of the molecule is Cc1noc(C)c1S(=O)(=O)N1CCCN(C(=O)CCc2ccc(-c3ccccc3F)o2)CC1. The maximum absolute atomic E-state index is 14.0. The quantitative estimate of drug-likeness (QED) is 0.541. The second-order valence-corrected chi connectivity index (χ2v) is 9.91. The normalized spacial score (nSPS) is 15.5. The van der Waals surface area contributed by atoms with Gasteiger partial charge in [0.25, 0.3) is 0 Å². The Labute approximate surface area is 192 Å². The van der Waals surface area contributed by atoms with Crippen LogP contribution in [0.4, 0.5) is 4.39 Å². The van der Waals surface area contributed by atoms with E-state index in [4.69, 9.17) is 8.94 Å². The van der Waals surface area contributed by atoms with Gasteiger partial charge in [-0.25, -0.2) is 12.8 Å². The van der Waals surface area contributed by atoms with Crippen LogP contribution in [0.2, 0.25) is 0 Å². The lowest BCUT2D eigenvalue weighted by Gasteiger charge is -2.21. The minimum Gasteiger partial charge on any atom is -0.461 e. The Hall–Kier alpha value is -2.98. The first-order valence-electron chi connectivity index (χ1n) is 10.8. The summed E-state index contributed by atoms with van der Waals surface area (Å²) in [5, 5.41) is 3.75. The van der Waals surface area contributed by atoms with Crippen molar-refractivity contribution in [1.29, 1.82) is 0 Å². The van der Waals surface area contributed by atoms with Crippen LogP contribution in [0, 0.1) is 19.7 Å². The average Bonchev–Trinajstić information content (AvgIpc) is 3.29. The summed E-state index contributed by atoms with van der Waals surface area (Å²) in [4.78, 5) is 14.6. The highest BCUT2D eigenvalue weighted by Gasteiger charge is 2.32. The summed E-state index contributed by atoms with van der Waals surface area (Å²) in [5.41, 5.74) is 0.708. The third-order valence-corrected chi connectivity index (χ3v) is 7.90. The van der Waals surface area contributed by atoms with Gasteiger partial charge in [-0.05, 0) is 44.5 Å². The standard InChI is InChI=1S/C23H26FN3O5S/c1-16-23(17(2)32-25-16)33(29,30)27-13-5-12-26(14-15-27)22(28)11-9-18-8-10-21(31-18)19-6-3-4-7-20(19)24/h3-4,6-8,10H,5,9,11-15H2,1-2H3. The van der Waals surface area contributed by atoms with E-state index in [1.54, 1.807) is 49.1 Å². The first kappa shape index (κ1) is 23.2. The van der Waals surface area contributed by atoms with Crippen molar-refractivity contribution in [3.05, 3.63) is 59.4 Å². The van der Waals surface area contributed by atoms with Crippen molar-refractivity contribution < 1.29 is 26.5 Å². The van der Waals surface area contributed by atoms with E-state index in [1.165, 1.54) is 10.4 Å². The van der Waals surface area contributed by atoms with Gasteiger partial charge in [0.05, 0.1) is 5.56 Å². The molecule has 0 spiro atoms. The van der Waals surface area contributed by atoms with E-state index in [0.717, 1.165) is 0 Å². The minimum absolute atomic E-state index is 0.0737. The zero-order valence-corrected chi connectivity index (χ0v) is 19.4. The van der Waals surface area contributed by atoms with E-state index in [1.807, 2.05) is 0 Å². The Morgan fingerprint density at radius 2 is 1.88 bits per heavy atom. The van der Waals surface area contributed by atoms with Gasteiger partial charge in [0.1, 0.15) is 27.9 Å². The Morgan fingerprint density at radius 3 is 2.61 bits per heavy atom. The predicted molar refractivity (Wildman–Crippen MR) is 118 cm³/mol. The topological polar surface area (TPSA) is 96.9 Å². The first-order valence-corrected chi connectivity index (χ1v) is 12.3. The van der Waals surface area contributed by atoms with Gasteiger partial charge in [0.2, 0.25) is 15.9 Å². The molecule has 8 nitrogen and oxygen atoms in total. The molecule has 0 aliphatic carbocycles. The minimum atomic E-state index is -3.74. The summed E-state index contributed by atoms with van der Waals surface area (Å²) in [7, 11) is -3.74. The van der Waals surface area contributed by atoms with Crippen molar-refractivity contribution in [3.8, 4) is 11.3 Å². The number of benzene rings is 1. The number of aromatic nitrogens is 1. The third kappa shape index (κ3) is 4.86. The van der Waals surface area contributed by atoms with Crippen molar-refractivity contribution in [1.82, 2.24) is 14.4 Å². The molecule has 1 fully saturated rings. The van der Waals surface area contributed by atoms with Crippen LogP contribution in [-0.2, 0) is 21.2 Å². The number of rotatable bonds is 6. The number of sulfonamides is 1. The molecular weight excluding hydrogens is 449 g/mol. The van der Waals surface area contributed by atoms with E-state index in [0.29, 0.717) is 55.3 Å². The Morgan fingerprint density at radius 1 is 1.09 bits per heavy atom. The monoisotopic (exact) mass is 475 g/mol. The van der Waals surface area contributed by atoms with Crippen molar-refractivity contribution >= 4 is 15.9 Å². The van der Waals surface area contributed by atoms with Gasteiger partial charge in [-0.1, -0.05) is 17.3 Å². The Kier molecular flexibility index (Phi) is 6.66. The van der Waals surface area contributed by atoms with Crippen molar-refractivity contribution in [2.75, 3.05) is 26.2 Å². The smallest absolute Gasteiger partial charge is 0.248 e. The fourth-order valence-electron chi connectivity index (χ4n) is 4.06. The number of nitrogens with zero attached hydrogens (tertiary/aromatic N) is 3. The number of carbonyl (C=O) groups excluding carboxylic acids is 1. The van der Waals surface area contributed by atoms with Gasteiger partial charge in [-0.3, -0.25) is 4.79 Å². The molecule has 1 aliphatic heterocycles. The zero-order chi connectivity index (χ0) is 23.6. The number of hydrogen-bond acceptors (Lipinski definition) is 6. The third-order valence-electron chi connectivity index (χ3n) is 5.76. The molecule has 0 saturated carbocycles. The molecule has 2 aromatic heterocycles. The summed E-state index contributed by atoms with van der Waals surface area (Å²) >= 11 is 0. The summed E-state index contributed by atoms with van der Waals surface area (Å²) in [6.45, 7) is 4.48. The number of carbonyl (C=O) groups is 1. The highest BCUT2D eigenvalue weighted by Crippen LogP contribution is 2.26. The van der Waals surface area contributed by atoms with Crippen LogP contribution < -0.4 is 0 Å². The molecular formula is C23H26FN3O5S. The number of furan rings is 1. The number of aryl methyl sites for hydroxylation is 3. The summed E-state index contributed by atoms with van der Waals surface area (Å²) in [5.74, 6) is 0.841. The molecule has 4 rings (SSSR count). The molecule has 0 atom stereocenters. The lowest BCUT2D eigenvalue weighted by molar-refractivity contribution is -0.131. The van der Waals surface area contributed by atoms with E-state index in [-0.39, 0.29) is 35.3 Å². The Balaban J connectivity index is 1.35. The van der Waals surface area contributed by atoms with E-state index < -0.39 is 10.0 Å². The van der Waals surface area contributed by atoms with Gasteiger partial charge in [-0.15, -0.1) is 0 Å². The van der Waals surface area contributed by atoms with Crippen LogP contribution in [0.25, 0.3) is 11.3 Å². The van der Waals surface area contributed by atoms with Gasteiger partial charge in [0.15, 0.2) is 5.76 Å². The van der Waals surface area contributed by atoms with Gasteiger partial charge < -0.3 is 13.8 Å². The summed E-state index contributed by atoms with van der Waals surface area (Å²) < 4.78 is 52.2. The molecule has 1 saturated heterocycles. The molecule has 1 aromatic carbocycles. The molecule has 10 heteroatoms. The van der Waals surface area contributed by atoms with Crippen LogP contribution >= 0.6 is 0 Å². The van der Waals surface area contributed by atoms with Crippen LogP contribution in [0.5, 0.6) is 0 Å². The van der Waals surface area contributed by atoms with E-state index in [2.05, 4.69) is 5.16 Å². The molecule has 0 radical (unpaired) electrons.